The molecule has 1 heterocycles. The van der Waals surface area contributed by atoms with E-state index < -0.39 is 0 Å². The summed E-state index contributed by atoms with van der Waals surface area (Å²) in [7, 11) is 0. The minimum absolute atomic E-state index is 0.436. The van der Waals surface area contributed by atoms with Crippen LogP contribution in [0.25, 0.3) is 0 Å². The number of hydrogen-bond acceptors (Lipinski definition) is 2. The minimum atomic E-state index is 0.436. The Morgan fingerprint density at radius 3 is 2.82 bits per heavy atom. The van der Waals surface area contributed by atoms with Gasteiger partial charge in [-0.2, -0.15) is 0 Å². The van der Waals surface area contributed by atoms with Crippen molar-refractivity contribution in [1.82, 2.24) is 10.2 Å². The summed E-state index contributed by atoms with van der Waals surface area (Å²) in [6, 6.07) is 11.7. The van der Waals surface area contributed by atoms with Crippen LogP contribution in [0.1, 0.15) is 25.5 Å². The first-order valence-corrected chi connectivity index (χ1v) is 6.23. The highest BCUT2D eigenvalue weighted by atomic mass is 15.2. The normalized spacial score (nSPS) is 25.1. The second-order valence-electron chi connectivity index (χ2n) is 4.58. The fourth-order valence-electron chi connectivity index (χ4n) is 2.23. The standard InChI is InChI=1S/C15H20N2/c1-3-4-10-17-12-15(16-11-13(17)2)14-8-6-5-7-9-14/h5-9,13,15-16H,10-12H2,1-2H3. The van der Waals surface area contributed by atoms with Crippen LogP contribution in [0, 0.1) is 11.8 Å². The fraction of sp³-hybridized carbons (Fsp3) is 0.467. The maximum absolute atomic E-state index is 3.60. The molecule has 1 aromatic rings. The summed E-state index contributed by atoms with van der Waals surface area (Å²) in [6.45, 7) is 7.11. The van der Waals surface area contributed by atoms with Gasteiger partial charge >= 0.3 is 0 Å². The maximum Gasteiger partial charge on any atom is 0.0604 e. The number of nitrogens with zero attached hydrogens (tertiary/aromatic N) is 1. The zero-order valence-electron chi connectivity index (χ0n) is 10.6. The van der Waals surface area contributed by atoms with Gasteiger partial charge in [-0.05, 0) is 19.4 Å². The third-order valence-corrected chi connectivity index (χ3v) is 3.36. The van der Waals surface area contributed by atoms with Crippen molar-refractivity contribution < 1.29 is 0 Å². The van der Waals surface area contributed by atoms with E-state index in [1.165, 1.54) is 5.56 Å². The first-order valence-electron chi connectivity index (χ1n) is 6.23. The average molecular weight is 228 g/mol. The van der Waals surface area contributed by atoms with E-state index >= 15 is 0 Å². The van der Waals surface area contributed by atoms with Gasteiger partial charge in [0, 0.05) is 25.2 Å². The lowest BCUT2D eigenvalue weighted by Gasteiger charge is -2.38. The zero-order valence-corrected chi connectivity index (χ0v) is 10.6. The van der Waals surface area contributed by atoms with Gasteiger partial charge in [-0.25, -0.2) is 0 Å². The highest BCUT2D eigenvalue weighted by Gasteiger charge is 2.24. The van der Waals surface area contributed by atoms with Crippen LogP contribution in [0.5, 0.6) is 0 Å². The summed E-state index contributed by atoms with van der Waals surface area (Å²) >= 11 is 0. The van der Waals surface area contributed by atoms with Crippen molar-refractivity contribution in [3.8, 4) is 11.8 Å². The van der Waals surface area contributed by atoms with E-state index in [1.54, 1.807) is 0 Å². The van der Waals surface area contributed by atoms with Gasteiger partial charge < -0.3 is 5.32 Å². The van der Waals surface area contributed by atoms with E-state index in [1.807, 2.05) is 6.92 Å². The molecular formula is C15H20N2. The summed E-state index contributed by atoms with van der Waals surface area (Å²) in [5.41, 5.74) is 1.37. The second-order valence-corrected chi connectivity index (χ2v) is 4.58. The Morgan fingerprint density at radius 1 is 1.35 bits per heavy atom. The predicted octanol–water partition coefficient (Wildman–Crippen LogP) is 2.04. The van der Waals surface area contributed by atoms with Gasteiger partial charge in [0.1, 0.15) is 0 Å². The van der Waals surface area contributed by atoms with Crippen LogP contribution < -0.4 is 5.32 Å². The molecule has 90 valence electrons. The quantitative estimate of drug-likeness (QED) is 0.779. The summed E-state index contributed by atoms with van der Waals surface area (Å²) in [5, 5.41) is 3.60. The smallest absolute Gasteiger partial charge is 0.0604 e. The second kappa shape index (κ2) is 5.86. The van der Waals surface area contributed by atoms with Crippen LogP contribution in [0.15, 0.2) is 30.3 Å². The van der Waals surface area contributed by atoms with Crippen molar-refractivity contribution in [2.45, 2.75) is 25.9 Å². The summed E-state index contributed by atoms with van der Waals surface area (Å²) in [4.78, 5) is 2.45. The van der Waals surface area contributed by atoms with Gasteiger partial charge in [-0.3, -0.25) is 4.90 Å². The molecule has 1 aromatic carbocycles. The van der Waals surface area contributed by atoms with Gasteiger partial charge in [0.2, 0.25) is 0 Å². The Morgan fingerprint density at radius 2 is 2.12 bits per heavy atom. The van der Waals surface area contributed by atoms with Crippen molar-refractivity contribution in [3.05, 3.63) is 35.9 Å². The molecule has 17 heavy (non-hydrogen) atoms. The van der Waals surface area contributed by atoms with Crippen LogP contribution in [-0.2, 0) is 0 Å². The van der Waals surface area contributed by atoms with Crippen molar-refractivity contribution in [3.63, 3.8) is 0 Å². The molecule has 0 aromatic heterocycles. The minimum Gasteiger partial charge on any atom is -0.307 e. The Kier molecular flexibility index (Phi) is 4.19. The van der Waals surface area contributed by atoms with E-state index in [4.69, 9.17) is 0 Å². The van der Waals surface area contributed by atoms with Crippen LogP contribution in [0.2, 0.25) is 0 Å². The molecule has 0 spiro atoms. The SMILES string of the molecule is CC#CCN1CC(c2ccccc2)NCC1C. The molecule has 2 heteroatoms. The van der Waals surface area contributed by atoms with Gasteiger partial charge in [-0.15, -0.1) is 5.92 Å². The van der Waals surface area contributed by atoms with E-state index in [2.05, 4.69) is 59.3 Å². The van der Waals surface area contributed by atoms with Crippen LogP contribution in [0.4, 0.5) is 0 Å². The molecule has 0 amide bonds. The van der Waals surface area contributed by atoms with Crippen molar-refractivity contribution in [2.24, 2.45) is 0 Å². The van der Waals surface area contributed by atoms with Crippen LogP contribution in [0.3, 0.4) is 0 Å². The number of rotatable bonds is 2. The molecule has 2 unspecified atom stereocenters. The van der Waals surface area contributed by atoms with Gasteiger partial charge in [0.05, 0.1) is 6.54 Å². The van der Waals surface area contributed by atoms with E-state index in [0.717, 1.165) is 19.6 Å². The first-order chi connectivity index (χ1) is 8.31. The maximum atomic E-state index is 3.60. The largest absolute Gasteiger partial charge is 0.307 e. The molecule has 2 rings (SSSR count). The van der Waals surface area contributed by atoms with Crippen molar-refractivity contribution in [1.29, 1.82) is 0 Å². The van der Waals surface area contributed by atoms with Gasteiger partial charge in [0.25, 0.3) is 0 Å². The number of hydrogen-bond donors (Lipinski definition) is 1. The van der Waals surface area contributed by atoms with E-state index in [9.17, 15) is 0 Å². The van der Waals surface area contributed by atoms with E-state index in [0.29, 0.717) is 12.1 Å². The Bertz CT molecular complexity index is 402. The topological polar surface area (TPSA) is 15.3 Å². The molecule has 0 radical (unpaired) electrons. The summed E-state index contributed by atoms with van der Waals surface area (Å²) in [6.07, 6.45) is 0. The Hall–Kier alpha value is -1.30. The summed E-state index contributed by atoms with van der Waals surface area (Å²) < 4.78 is 0. The highest BCUT2D eigenvalue weighted by Crippen LogP contribution is 2.19. The molecule has 0 bridgehead atoms. The molecule has 0 aliphatic carbocycles. The third kappa shape index (κ3) is 3.09. The van der Waals surface area contributed by atoms with Crippen LogP contribution in [-0.4, -0.2) is 30.6 Å². The number of nitrogens with one attached hydrogen (secondary N) is 1. The van der Waals surface area contributed by atoms with E-state index in [-0.39, 0.29) is 0 Å². The van der Waals surface area contributed by atoms with Crippen molar-refractivity contribution >= 4 is 0 Å². The molecule has 1 N–H and O–H groups in total. The molecule has 2 nitrogen and oxygen atoms in total. The molecule has 1 saturated heterocycles. The lowest BCUT2D eigenvalue weighted by molar-refractivity contribution is 0.159. The number of piperazine rings is 1. The number of benzene rings is 1. The molecule has 0 saturated carbocycles. The third-order valence-electron chi connectivity index (χ3n) is 3.36. The lowest BCUT2D eigenvalue weighted by Crippen LogP contribution is -2.51. The zero-order chi connectivity index (χ0) is 12.1. The highest BCUT2D eigenvalue weighted by molar-refractivity contribution is 5.20. The average Bonchev–Trinajstić information content (AvgIpc) is 2.39. The van der Waals surface area contributed by atoms with Crippen molar-refractivity contribution in [2.75, 3.05) is 19.6 Å². The molecular weight excluding hydrogens is 208 g/mol. The van der Waals surface area contributed by atoms with Gasteiger partial charge in [-0.1, -0.05) is 36.3 Å². The summed E-state index contributed by atoms with van der Waals surface area (Å²) in [5.74, 6) is 6.15. The fourth-order valence-corrected chi connectivity index (χ4v) is 2.23. The Balaban J connectivity index is 2.04. The molecule has 2 atom stereocenters. The lowest BCUT2D eigenvalue weighted by atomic mass is 10.0. The molecule has 1 aliphatic rings. The van der Waals surface area contributed by atoms with Crippen LogP contribution >= 0.6 is 0 Å². The predicted molar refractivity (Wildman–Crippen MR) is 71.7 cm³/mol. The Labute approximate surface area is 104 Å². The molecule has 1 aliphatic heterocycles. The monoisotopic (exact) mass is 228 g/mol. The molecule has 1 fully saturated rings. The first kappa shape index (κ1) is 12.2. The van der Waals surface area contributed by atoms with Gasteiger partial charge in [0.15, 0.2) is 0 Å².